The predicted octanol–water partition coefficient (Wildman–Crippen LogP) is 3.65. The van der Waals surface area contributed by atoms with Crippen LogP contribution in [0.4, 0.5) is 0 Å². The molecule has 3 aromatic rings. The maximum absolute atomic E-state index is 5.25. The summed E-state index contributed by atoms with van der Waals surface area (Å²) in [6.45, 7) is 4.87. The van der Waals surface area contributed by atoms with E-state index in [1.165, 1.54) is 24.1 Å². The number of ether oxygens (including phenoxy) is 1. The Kier molecular flexibility index (Phi) is 3.57. The molecule has 2 bridgehead atoms. The predicted molar refractivity (Wildman–Crippen MR) is 101 cm³/mol. The van der Waals surface area contributed by atoms with E-state index in [1.807, 2.05) is 30.3 Å². The van der Waals surface area contributed by atoms with Gasteiger partial charge in [0.25, 0.3) is 0 Å². The number of fused-ring (bicyclic) bond motifs is 6. The van der Waals surface area contributed by atoms with E-state index in [9.17, 15) is 0 Å². The van der Waals surface area contributed by atoms with Gasteiger partial charge < -0.3 is 4.74 Å². The fourth-order valence-corrected chi connectivity index (χ4v) is 4.52. The lowest BCUT2D eigenvalue weighted by Gasteiger charge is -2.35. The topological polar surface area (TPSA) is 42.7 Å². The van der Waals surface area contributed by atoms with Crippen molar-refractivity contribution in [2.75, 3.05) is 13.7 Å². The fraction of sp³-hybridized carbons (Fsp3) is 0.333. The van der Waals surface area contributed by atoms with E-state index in [1.54, 1.807) is 7.11 Å². The molecule has 0 radical (unpaired) electrons. The van der Waals surface area contributed by atoms with Crippen molar-refractivity contribution in [1.29, 1.82) is 0 Å². The molecule has 2 aliphatic heterocycles. The Hall–Kier alpha value is -2.66. The zero-order chi connectivity index (χ0) is 17.7. The third-order valence-corrected chi connectivity index (χ3v) is 5.77. The number of benzene rings is 1. The molecule has 1 fully saturated rings. The van der Waals surface area contributed by atoms with E-state index in [2.05, 4.69) is 28.3 Å². The molecule has 1 saturated heterocycles. The summed E-state index contributed by atoms with van der Waals surface area (Å²) in [5, 5.41) is 4.89. The van der Waals surface area contributed by atoms with Crippen molar-refractivity contribution >= 4 is 5.65 Å². The summed E-state index contributed by atoms with van der Waals surface area (Å²) in [4.78, 5) is 7.28. The van der Waals surface area contributed by atoms with Crippen molar-refractivity contribution in [2.45, 2.75) is 31.3 Å². The van der Waals surface area contributed by atoms with Crippen LogP contribution in [0.5, 0.6) is 5.75 Å². The molecule has 5 nitrogen and oxygen atoms in total. The minimum Gasteiger partial charge on any atom is -0.497 e. The molecule has 5 heteroatoms. The molecule has 1 aromatic carbocycles. The van der Waals surface area contributed by atoms with Gasteiger partial charge >= 0.3 is 0 Å². The van der Waals surface area contributed by atoms with E-state index < -0.39 is 0 Å². The second-order valence-electron chi connectivity index (χ2n) is 7.12. The number of methoxy groups -OCH3 is 1. The van der Waals surface area contributed by atoms with Gasteiger partial charge in [-0.05, 0) is 37.1 Å². The molecule has 0 unspecified atom stereocenters. The highest BCUT2D eigenvalue weighted by atomic mass is 16.5. The maximum atomic E-state index is 5.25. The summed E-state index contributed by atoms with van der Waals surface area (Å²) in [6, 6.07) is 11.1. The van der Waals surface area contributed by atoms with Gasteiger partial charge in [-0.3, -0.25) is 4.90 Å². The summed E-state index contributed by atoms with van der Waals surface area (Å²) in [5.41, 5.74) is 5.61. The van der Waals surface area contributed by atoms with Gasteiger partial charge in [0.2, 0.25) is 0 Å². The van der Waals surface area contributed by atoms with Crippen LogP contribution in [-0.2, 0) is 6.42 Å². The first-order valence-electron chi connectivity index (χ1n) is 9.17. The van der Waals surface area contributed by atoms with Gasteiger partial charge in [0, 0.05) is 48.4 Å². The second-order valence-corrected chi connectivity index (χ2v) is 7.12. The molecule has 2 atom stereocenters. The van der Waals surface area contributed by atoms with Crippen LogP contribution in [0.25, 0.3) is 16.9 Å². The third kappa shape index (κ3) is 2.27. The Labute approximate surface area is 152 Å². The van der Waals surface area contributed by atoms with Crippen LogP contribution < -0.4 is 4.74 Å². The van der Waals surface area contributed by atoms with Gasteiger partial charge in [0.15, 0.2) is 5.65 Å². The monoisotopic (exact) mass is 346 g/mol. The third-order valence-electron chi connectivity index (χ3n) is 5.77. The Morgan fingerprint density at radius 3 is 2.88 bits per heavy atom. The lowest BCUT2D eigenvalue weighted by Crippen LogP contribution is -2.38. The minimum atomic E-state index is 0.451. The van der Waals surface area contributed by atoms with Crippen LogP contribution in [0.2, 0.25) is 0 Å². The van der Waals surface area contributed by atoms with Gasteiger partial charge in [-0.2, -0.15) is 5.10 Å². The van der Waals surface area contributed by atoms with Gasteiger partial charge in [-0.15, -0.1) is 6.58 Å². The smallest absolute Gasteiger partial charge is 0.155 e. The highest BCUT2D eigenvalue weighted by Crippen LogP contribution is 2.43. The fourth-order valence-electron chi connectivity index (χ4n) is 4.52. The average molecular weight is 346 g/mol. The second kappa shape index (κ2) is 5.95. The van der Waals surface area contributed by atoms with Crippen LogP contribution in [-0.4, -0.2) is 39.2 Å². The van der Waals surface area contributed by atoms with Gasteiger partial charge in [0.1, 0.15) is 5.75 Å². The highest BCUT2D eigenvalue weighted by Gasteiger charge is 2.40. The first-order chi connectivity index (χ1) is 12.8. The van der Waals surface area contributed by atoms with Crippen LogP contribution in [0.3, 0.4) is 0 Å². The first-order valence-corrected chi connectivity index (χ1v) is 9.17. The van der Waals surface area contributed by atoms with Crippen molar-refractivity contribution < 1.29 is 4.74 Å². The zero-order valence-corrected chi connectivity index (χ0v) is 14.9. The van der Waals surface area contributed by atoms with Crippen molar-refractivity contribution in [3.05, 3.63) is 60.4 Å². The van der Waals surface area contributed by atoms with Crippen molar-refractivity contribution in [3.8, 4) is 17.0 Å². The molecule has 0 spiro atoms. The standard InChI is InChI=1S/C21H22N4O/c1-3-10-24-15-6-9-19(24)17-13-22-21-12-18(23-25(21)20(17)11-15)14-4-7-16(26-2)8-5-14/h3-5,7-8,12-13,15,19H,1,6,9-11H2,2H3/t15-,19+/m1/s1. The quantitative estimate of drug-likeness (QED) is 0.676. The molecule has 132 valence electrons. The molecule has 2 aromatic heterocycles. The normalized spacial score (nSPS) is 21.7. The van der Waals surface area contributed by atoms with Crippen molar-refractivity contribution in [3.63, 3.8) is 0 Å². The molecule has 5 rings (SSSR count). The van der Waals surface area contributed by atoms with E-state index in [-0.39, 0.29) is 0 Å². The van der Waals surface area contributed by atoms with Gasteiger partial charge in [-0.25, -0.2) is 9.50 Å². The van der Waals surface area contributed by atoms with Crippen LogP contribution in [0.1, 0.15) is 30.1 Å². The molecule has 0 aliphatic carbocycles. The van der Waals surface area contributed by atoms with E-state index in [0.717, 1.165) is 35.6 Å². The Morgan fingerprint density at radius 2 is 2.12 bits per heavy atom. The highest BCUT2D eigenvalue weighted by molar-refractivity contribution is 5.65. The first kappa shape index (κ1) is 15.6. The number of hydrogen-bond donors (Lipinski definition) is 0. The molecule has 26 heavy (non-hydrogen) atoms. The number of nitrogens with zero attached hydrogens (tertiary/aromatic N) is 4. The summed E-state index contributed by atoms with van der Waals surface area (Å²) in [6.07, 6.45) is 7.54. The SMILES string of the molecule is C=CCN1[C@@H]2CC[C@H]1c1cnc3cc(-c4ccc(OC)cc4)nn3c1C2. The molecule has 0 saturated carbocycles. The molecule has 4 heterocycles. The lowest BCUT2D eigenvalue weighted by molar-refractivity contribution is 0.195. The minimum absolute atomic E-state index is 0.451. The van der Waals surface area contributed by atoms with E-state index in [4.69, 9.17) is 14.8 Å². The maximum Gasteiger partial charge on any atom is 0.155 e. The molecular weight excluding hydrogens is 324 g/mol. The summed E-state index contributed by atoms with van der Waals surface area (Å²) in [5.74, 6) is 0.854. The summed E-state index contributed by atoms with van der Waals surface area (Å²) >= 11 is 0. The molecule has 2 aliphatic rings. The molecule has 0 N–H and O–H groups in total. The largest absolute Gasteiger partial charge is 0.497 e. The molecule has 0 amide bonds. The van der Waals surface area contributed by atoms with Crippen LogP contribution in [0, 0.1) is 0 Å². The molecular formula is C21H22N4O. The number of aromatic nitrogens is 3. The van der Waals surface area contributed by atoms with Gasteiger partial charge in [-0.1, -0.05) is 6.08 Å². The van der Waals surface area contributed by atoms with E-state index >= 15 is 0 Å². The lowest BCUT2D eigenvalue weighted by atomic mass is 9.99. The summed E-state index contributed by atoms with van der Waals surface area (Å²) < 4.78 is 7.31. The average Bonchev–Trinajstić information content (AvgIpc) is 3.23. The zero-order valence-electron chi connectivity index (χ0n) is 14.9. The number of rotatable bonds is 4. The van der Waals surface area contributed by atoms with Crippen molar-refractivity contribution in [1.82, 2.24) is 19.5 Å². The van der Waals surface area contributed by atoms with Gasteiger partial charge in [0.05, 0.1) is 18.5 Å². The summed E-state index contributed by atoms with van der Waals surface area (Å²) in [7, 11) is 1.68. The van der Waals surface area contributed by atoms with Crippen LogP contribution >= 0.6 is 0 Å². The Morgan fingerprint density at radius 1 is 1.27 bits per heavy atom. The Balaban J connectivity index is 1.58. The number of hydrogen-bond acceptors (Lipinski definition) is 4. The van der Waals surface area contributed by atoms with E-state index in [0.29, 0.717) is 12.1 Å². The Bertz CT molecular complexity index is 976. The van der Waals surface area contributed by atoms with Crippen LogP contribution in [0.15, 0.2) is 49.2 Å². The van der Waals surface area contributed by atoms with Crippen molar-refractivity contribution in [2.24, 2.45) is 0 Å².